The van der Waals surface area contributed by atoms with Gasteiger partial charge in [-0.05, 0) is 35.7 Å². The van der Waals surface area contributed by atoms with Gasteiger partial charge in [-0.1, -0.05) is 12.1 Å². The molecule has 0 aliphatic rings. The number of halogens is 2. The summed E-state index contributed by atoms with van der Waals surface area (Å²) in [5, 5.41) is 6.23. The molecule has 152 valence electrons. The van der Waals surface area contributed by atoms with Crippen LogP contribution < -0.4 is 24.8 Å². The van der Waals surface area contributed by atoms with E-state index in [-0.39, 0.29) is 0 Å². The second kappa shape index (κ2) is 10.3. The van der Waals surface area contributed by atoms with Crippen molar-refractivity contribution in [3.8, 4) is 17.2 Å². The molecular formula is C20H25F2N3O3. The second-order valence-corrected chi connectivity index (χ2v) is 5.85. The van der Waals surface area contributed by atoms with Gasteiger partial charge >= 0.3 is 0 Å². The topological polar surface area (TPSA) is 64.1 Å². The van der Waals surface area contributed by atoms with E-state index in [1.807, 2.05) is 12.1 Å². The molecule has 28 heavy (non-hydrogen) atoms. The van der Waals surface area contributed by atoms with Crippen LogP contribution in [0.25, 0.3) is 0 Å². The van der Waals surface area contributed by atoms with Gasteiger partial charge in [0.15, 0.2) is 29.1 Å². The summed E-state index contributed by atoms with van der Waals surface area (Å²) < 4.78 is 43.0. The average Bonchev–Trinajstić information content (AvgIpc) is 2.72. The lowest BCUT2D eigenvalue weighted by Gasteiger charge is -2.16. The maximum atomic E-state index is 13.7. The molecule has 0 fully saturated rings. The van der Waals surface area contributed by atoms with Crippen LogP contribution in [0.2, 0.25) is 0 Å². The third kappa shape index (κ3) is 5.25. The predicted molar refractivity (Wildman–Crippen MR) is 104 cm³/mol. The quantitative estimate of drug-likeness (QED) is 0.533. The van der Waals surface area contributed by atoms with Crippen LogP contribution in [-0.2, 0) is 13.0 Å². The summed E-state index contributed by atoms with van der Waals surface area (Å²) in [5.41, 5.74) is 1.21. The number of aliphatic imine (C=N–C) groups is 1. The van der Waals surface area contributed by atoms with Crippen molar-refractivity contribution in [3.63, 3.8) is 0 Å². The Hall–Kier alpha value is -3.03. The zero-order chi connectivity index (χ0) is 20.5. The first-order chi connectivity index (χ1) is 13.5. The Bertz CT molecular complexity index is 803. The van der Waals surface area contributed by atoms with Crippen molar-refractivity contribution in [2.75, 3.05) is 34.9 Å². The van der Waals surface area contributed by atoms with Gasteiger partial charge in [-0.25, -0.2) is 8.78 Å². The molecule has 0 radical (unpaired) electrons. The van der Waals surface area contributed by atoms with Crippen molar-refractivity contribution in [1.82, 2.24) is 10.6 Å². The molecule has 0 aromatic heterocycles. The summed E-state index contributed by atoms with van der Waals surface area (Å²) in [6.07, 6.45) is 0.328. The van der Waals surface area contributed by atoms with Crippen molar-refractivity contribution in [2.24, 2.45) is 4.99 Å². The zero-order valence-corrected chi connectivity index (χ0v) is 16.4. The molecule has 0 spiro atoms. The van der Waals surface area contributed by atoms with E-state index in [1.54, 1.807) is 34.4 Å². The van der Waals surface area contributed by atoms with Gasteiger partial charge < -0.3 is 24.8 Å². The number of methoxy groups -OCH3 is 3. The van der Waals surface area contributed by atoms with E-state index >= 15 is 0 Å². The van der Waals surface area contributed by atoms with Crippen LogP contribution in [-0.4, -0.2) is 40.9 Å². The highest BCUT2D eigenvalue weighted by atomic mass is 19.2. The molecule has 0 heterocycles. The number of nitrogens with one attached hydrogen (secondary N) is 2. The Kier molecular flexibility index (Phi) is 7.86. The summed E-state index contributed by atoms with van der Waals surface area (Å²) in [4.78, 5) is 4.13. The molecule has 2 N–H and O–H groups in total. The predicted octanol–water partition coefficient (Wildman–Crippen LogP) is 2.90. The summed E-state index contributed by atoms with van der Waals surface area (Å²) >= 11 is 0. The Morgan fingerprint density at radius 2 is 1.68 bits per heavy atom. The van der Waals surface area contributed by atoms with Crippen molar-refractivity contribution < 1.29 is 23.0 Å². The Morgan fingerprint density at radius 3 is 2.25 bits per heavy atom. The molecule has 2 aromatic rings. The van der Waals surface area contributed by atoms with Gasteiger partial charge in [0.2, 0.25) is 5.75 Å². The summed E-state index contributed by atoms with van der Waals surface area (Å²) in [5.74, 6) is 0.511. The van der Waals surface area contributed by atoms with E-state index in [2.05, 4.69) is 15.6 Å². The molecular weight excluding hydrogens is 368 g/mol. The molecule has 2 rings (SSSR count). The van der Waals surface area contributed by atoms with Crippen molar-refractivity contribution in [1.29, 1.82) is 0 Å². The lowest BCUT2D eigenvalue weighted by atomic mass is 10.1. The van der Waals surface area contributed by atoms with Gasteiger partial charge in [-0.15, -0.1) is 0 Å². The van der Waals surface area contributed by atoms with Gasteiger partial charge in [0, 0.05) is 20.1 Å². The molecule has 8 heteroatoms. The smallest absolute Gasteiger partial charge is 0.203 e. The fourth-order valence-electron chi connectivity index (χ4n) is 2.70. The highest BCUT2D eigenvalue weighted by Gasteiger charge is 2.13. The minimum absolute atomic E-state index is 0.313. The fourth-order valence-corrected chi connectivity index (χ4v) is 2.70. The molecule has 0 unspecified atom stereocenters. The van der Waals surface area contributed by atoms with Crippen LogP contribution in [0.1, 0.15) is 11.1 Å². The normalized spacial score (nSPS) is 11.1. The maximum Gasteiger partial charge on any atom is 0.203 e. The molecule has 0 aliphatic carbocycles. The van der Waals surface area contributed by atoms with E-state index in [0.29, 0.717) is 48.3 Å². The molecule has 0 saturated carbocycles. The highest BCUT2D eigenvalue weighted by Crippen LogP contribution is 2.38. The van der Waals surface area contributed by atoms with Crippen LogP contribution in [0.3, 0.4) is 0 Å². The standard InChI is InChI=1S/C20H25F2N3O3/c1-23-20(24-9-8-14-6-5-7-15(21)18(14)22)25-12-13-10-16(26-2)19(28-4)17(11-13)27-3/h5-7,10-11H,8-9,12H2,1-4H3,(H2,23,24,25). The van der Waals surface area contributed by atoms with Gasteiger partial charge in [0.25, 0.3) is 0 Å². The SMILES string of the molecule is CN=C(NCCc1cccc(F)c1F)NCc1cc(OC)c(OC)c(OC)c1. The Balaban J connectivity index is 1.96. The first kappa shape index (κ1) is 21.3. The molecule has 0 aliphatic heterocycles. The Morgan fingerprint density at radius 1 is 1.00 bits per heavy atom. The van der Waals surface area contributed by atoms with Crippen molar-refractivity contribution in [2.45, 2.75) is 13.0 Å². The van der Waals surface area contributed by atoms with Gasteiger partial charge in [0.1, 0.15) is 0 Å². The van der Waals surface area contributed by atoms with Crippen LogP contribution in [0.4, 0.5) is 8.78 Å². The fraction of sp³-hybridized carbons (Fsp3) is 0.350. The second-order valence-electron chi connectivity index (χ2n) is 5.85. The minimum atomic E-state index is -0.845. The van der Waals surface area contributed by atoms with Crippen molar-refractivity contribution >= 4 is 5.96 Å². The zero-order valence-electron chi connectivity index (χ0n) is 16.4. The third-order valence-corrected chi connectivity index (χ3v) is 4.13. The molecule has 0 bridgehead atoms. The lowest BCUT2D eigenvalue weighted by molar-refractivity contribution is 0.323. The molecule has 0 saturated heterocycles. The maximum absolute atomic E-state index is 13.7. The third-order valence-electron chi connectivity index (χ3n) is 4.13. The van der Waals surface area contributed by atoms with E-state index in [0.717, 1.165) is 11.6 Å². The number of hydrogen-bond donors (Lipinski definition) is 2. The summed E-state index contributed by atoms with van der Waals surface area (Å²) in [7, 11) is 6.29. The molecule has 0 atom stereocenters. The van der Waals surface area contributed by atoms with Gasteiger partial charge in [-0.3, -0.25) is 4.99 Å². The summed E-state index contributed by atoms with van der Waals surface area (Å²) in [6.45, 7) is 0.847. The first-order valence-electron chi connectivity index (χ1n) is 8.70. The minimum Gasteiger partial charge on any atom is -0.493 e. The van der Waals surface area contributed by atoms with Crippen LogP contribution in [0.15, 0.2) is 35.3 Å². The van der Waals surface area contributed by atoms with E-state index in [4.69, 9.17) is 14.2 Å². The van der Waals surface area contributed by atoms with Gasteiger partial charge in [0.05, 0.1) is 21.3 Å². The van der Waals surface area contributed by atoms with Crippen LogP contribution in [0.5, 0.6) is 17.2 Å². The van der Waals surface area contributed by atoms with Crippen molar-refractivity contribution in [3.05, 3.63) is 53.1 Å². The van der Waals surface area contributed by atoms with E-state index in [9.17, 15) is 8.78 Å². The Labute approximate surface area is 163 Å². The van der Waals surface area contributed by atoms with Crippen LogP contribution in [0, 0.1) is 11.6 Å². The number of benzene rings is 2. The largest absolute Gasteiger partial charge is 0.493 e. The number of hydrogen-bond acceptors (Lipinski definition) is 4. The number of nitrogens with zero attached hydrogens (tertiary/aromatic N) is 1. The number of rotatable bonds is 8. The number of ether oxygens (including phenoxy) is 3. The first-order valence-corrected chi connectivity index (χ1v) is 8.70. The highest BCUT2D eigenvalue weighted by molar-refractivity contribution is 5.79. The lowest BCUT2D eigenvalue weighted by Crippen LogP contribution is -2.38. The van der Waals surface area contributed by atoms with Crippen LogP contribution >= 0.6 is 0 Å². The molecule has 0 amide bonds. The van der Waals surface area contributed by atoms with E-state index in [1.165, 1.54) is 6.07 Å². The number of guanidine groups is 1. The van der Waals surface area contributed by atoms with E-state index < -0.39 is 11.6 Å². The monoisotopic (exact) mass is 393 g/mol. The molecule has 2 aromatic carbocycles. The van der Waals surface area contributed by atoms with Gasteiger partial charge in [-0.2, -0.15) is 0 Å². The summed E-state index contributed by atoms with van der Waals surface area (Å²) in [6, 6.07) is 7.83. The average molecular weight is 393 g/mol. The molecule has 6 nitrogen and oxygen atoms in total.